The molecule has 0 aliphatic carbocycles. The van der Waals surface area contributed by atoms with Gasteiger partial charge in [-0.25, -0.2) is 9.97 Å². The maximum absolute atomic E-state index is 5.84. The van der Waals surface area contributed by atoms with Crippen LogP contribution in [0.4, 0.5) is 0 Å². The molecular weight excluding hydrogens is 220 g/mol. The summed E-state index contributed by atoms with van der Waals surface area (Å²) in [5.74, 6) is 0. The van der Waals surface area contributed by atoms with Gasteiger partial charge in [-0.3, -0.25) is 0 Å². The summed E-state index contributed by atoms with van der Waals surface area (Å²) < 4.78 is 0. The first-order valence-corrected chi connectivity index (χ1v) is 5.53. The molecule has 1 aromatic carbocycles. The Morgan fingerprint density at radius 2 is 1.81 bits per heavy atom. The van der Waals surface area contributed by atoms with Gasteiger partial charge in [0, 0.05) is 11.8 Å². The smallest absolute Gasteiger partial charge is 0.222 e. The molecule has 2 rings (SSSR count). The van der Waals surface area contributed by atoms with Crippen molar-refractivity contribution in [3.05, 3.63) is 46.4 Å². The van der Waals surface area contributed by atoms with Crippen molar-refractivity contribution < 1.29 is 0 Å². The number of halogens is 1. The van der Waals surface area contributed by atoms with E-state index in [9.17, 15) is 0 Å². The molecular formula is C13H13ClN2. The van der Waals surface area contributed by atoms with Gasteiger partial charge in [0.05, 0.1) is 5.69 Å². The van der Waals surface area contributed by atoms with Crippen LogP contribution < -0.4 is 0 Å². The summed E-state index contributed by atoms with van der Waals surface area (Å²) in [6.07, 6.45) is 1.76. The normalized spacial score (nSPS) is 10.5. The molecule has 0 unspecified atom stereocenters. The van der Waals surface area contributed by atoms with Crippen LogP contribution in [-0.2, 0) is 0 Å². The summed E-state index contributed by atoms with van der Waals surface area (Å²) in [4.78, 5) is 8.27. The van der Waals surface area contributed by atoms with Crippen LogP contribution >= 0.6 is 11.6 Å². The predicted molar refractivity (Wildman–Crippen MR) is 66.7 cm³/mol. The molecule has 2 nitrogen and oxygen atoms in total. The lowest BCUT2D eigenvalue weighted by molar-refractivity contribution is 1.13. The minimum absolute atomic E-state index is 0.293. The minimum Gasteiger partial charge on any atom is -0.226 e. The van der Waals surface area contributed by atoms with Gasteiger partial charge in [0.25, 0.3) is 0 Å². The van der Waals surface area contributed by atoms with E-state index in [1.54, 1.807) is 6.20 Å². The molecule has 16 heavy (non-hydrogen) atoms. The van der Waals surface area contributed by atoms with E-state index in [1.807, 2.05) is 13.0 Å². The van der Waals surface area contributed by atoms with Crippen molar-refractivity contribution in [2.45, 2.75) is 20.8 Å². The highest BCUT2D eigenvalue weighted by atomic mass is 35.5. The van der Waals surface area contributed by atoms with Gasteiger partial charge in [-0.1, -0.05) is 18.2 Å². The van der Waals surface area contributed by atoms with Gasteiger partial charge >= 0.3 is 0 Å². The van der Waals surface area contributed by atoms with Crippen molar-refractivity contribution >= 4 is 11.6 Å². The van der Waals surface area contributed by atoms with E-state index in [0.29, 0.717) is 5.28 Å². The van der Waals surface area contributed by atoms with E-state index in [4.69, 9.17) is 11.6 Å². The zero-order valence-corrected chi connectivity index (χ0v) is 10.3. The highest BCUT2D eigenvalue weighted by Gasteiger charge is 2.09. The van der Waals surface area contributed by atoms with Crippen molar-refractivity contribution in [2.75, 3.05) is 0 Å². The zero-order valence-electron chi connectivity index (χ0n) is 9.58. The average molecular weight is 233 g/mol. The van der Waals surface area contributed by atoms with E-state index < -0.39 is 0 Å². The van der Waals surface area contributed by atoms with Gasteiger partial charge in [-0.05, 0) is 49.1 Å². The van der Waals surface area contributed by atoms with Gasteiger partial charge in [0.2, 0.25) is 5.28 Å². The maximum atomic E-state index is 5.84. The molecule has 0 spiro atoms. The van der Waals surface area contributed by atoms with Gasteiger partial charge in [0.15, 0.2) is 0 Å². The number of aromatic nitrogens is 2. The largest absolute Gasteiger partial charge is 0.226 e. The molecule has 3 heteroatoms. The van der Waals surface area contributed by atoms with Crippen LogP contribution in [0.25, 0.3) is 11.3 Å². The van der Waals surface area contributed by atoms with E-state index in [2.05, 4.69) is 35.9 Å². The quantitative estimate of drug-likeness (QED) is 0.701. The second-order valence-corrected chi connectivity index (χ2v) is 4.26. The summed E-state index contributed by atoms with van der Waals surface area (Å²) in [5.41, 5.74) is 5.58. The minimum atomic E-state index is 0.293. The highest BCUT2D eigenvalue weighted by molar-refractivity contribution is 6.28. The van der Waals surface area contributed by atoms with Crippen LogP contribution in [0.15, 0.2) is 24.4 Å². The molecule has 0 saturated heterocycles. The molecule has 0 amide bonds. The molecule has 0 radical (unpaired) electrons. The Morgan fingerprint density at radius 3 is 2.56 bits per heavy atom. The molecule has 0 N–H and O–H groups in total. The SMILES string of the molecule is Cc1cnc(Cl)nc1-c1cccc(C)c1C. The lowest BCUT2D eigenvalue weighted by Gasteiger charge is -2.10. The standard InChI is InChI=1S/C13H13ClN2/c1-8-5-4-6-11(10(8)3)12-9(2)7-15-13(14)16-12/h4-7H,1-3H3. The molecule has 1 heterocycles. The molecule has 1 aromatic heterocycles. The predicted octanol–water partition coefficient (Wildman–Crippen LogP) is 3.72. The van der Waals surface area contributed by atoms with Gasteiger partial charge < -0.3 is 0 Å². The van der Waals surface area contributed by atoms with Crippen LogP contribution in [0.2, 0.25) is 5.28 Å². The molecule has 0 bridgehead atoms. The number of benzene rings is 1. The molecule has 2 aromatic rings. The summed E-state index contributed by atoms with van der Waals surface area (Å²) >= 11 is 5.84. The first kappa shape index (κ1) is 11.1. The van der Waals surface area contributed by atoms with Crippen molar-refractivity contribution in [1.29, 1.82) is 0 Å². The molecule has 0 atom stereocenters. The van der Waals surface area contributed by atoms with Gasteiger partial charge in [-0.2, -0.15) is 0 Å². The van der Waals surface area contributed by atoms with Gasteiger partial charge in [-0.15, -0.1) is 0 Å². The van der Waals surface area contributed by atoms with Crippen LogP contribution in [0.3, 0.4) is 0 Å². The first-order valence-electron chi connectivity index (χ1n) is 5.15. The Balaban J connectivity index is 2.67. The van der Waals surface area contributed by atoms with E-state index >= 15 is 0 Å². The van der Waals surface area contributed by atoms with Crippen molar-refractivity contribution in [3.63, 3.8) is 0 Å². The van der Waals surface area contributed by atoms with E-state index in [1.165, 1.54) is 11.1 Å². The fourth-order valence-electron chi connectivity index (χ4n) is 1.70. The Labute approximate surface area is 100 Å². The maximum Gasteiger partial charge on any atom is 0.222 e. The molecule has 0 saturated carbocycles. The van der Waals surface area contributed by atoms with Crippen LogP contribution in [0, 0.1) is 20.8 Å². The summed E-state index contributed by atoms with van der Waals surface area (Å²) in [6, 6.07) is 6.19. The van der Waals surface area contributed by atoms with E-state index in [-0.39, 0.29) is 0 Å². The van der Waals surface area contributed by atoms with Crippen molar-refractivity contribution in [1.82, 2.24) is 9.97 Å². The highest BCUT2D eigenvalue weighted by Crippen LogP contribution is 2.26. The second kappa shape index (κ2) is 4.22. The Kier molecular flexibility index (Phi) is 2.92. The zero-order chi connectivity index (χ0) is 11.7. The van der Waals surface area contributed by atoms with Gasteiger partial charge in [0.1, 0.15) is 0 Å². The third-order valence-electron chi connectivity index (χ3n) is 2.80. The van der Waals surface area contributed by atoms with Crippen molar-refractivity contribution in [2.24, 2.45) is 0 Å². The molecule has 0 aliphatic rings. The molecule has 0 fully saturated rings. The summed E-state index contributed by atoms with van der Waals surface area (Å²) in [7, 11) is 0. The lowest BCUT2D eigenvalue weighted by Crippen LogP contribution is -1.94. The van der Waals surface area contributed by atoms with E-state index in [0.717, 1.165) is 16.8 Å². The molecule has 82 valence electrons. The number of aryl methyl sites for hydroxylation is 2. The van der Waals surface area contributed by atoms with Crippen molar-refractivity contribution in [3.8, 4) is 11.3 Å². The fraction of sp³-hybridized carbons (Fsp3) is 0.231. The third-order valence-corrected chi connectivity index (χ3v) is 2.98. The number of hydrogen-bond acceptors (Lipinski definition) is 2. The monoisotopic (exact) mass is 232 g/mol. The third kappa shape index (κ3) is 1.93. The second-order valence-electron chi connectivity index (χ2n) is 3.92. The Hall–Kier alpha value is -1.41. The Bertz CT molecular complexity index is 535. The van der Waals surface area contributed by atoms with Crippen LogP contribution in [0.5, 0.6) is 0 Å². The number of hydrogen-bond donors (Lipinski definition) is 0. The fourth-order valence-corrected chi connectivity index (χ4v) is 1.83. The van der Waals surface area contributed by atoms with Crippen LogP contribution in [0.1, 0.15) is 16.7 Å². The Morgan fingerprint density at radius 1 is 1.06 bits per heavy atom. The number of nitrogens with zero attached hydrogens (tertiary/aromatic N) is 2. The van der Waals surface area contributed by atoms with Crippen LogP contribution in [-0.4, -0.2) is 9.97 Å². The lowest BCUT2D eigenvalue weighted by atomic mass is 9.99. The average Bonchev–Trinajstić information content (AvgIpc) is 2.26. The summed E-state index contributed by atoms with van der Waals surface area (Å²) in [5, 5.41) is 0.293. The first-order chi connectivity index (χ1) is 7.59. The topological polar surface area (TPSA) is 25.8 Å². The summed E-state index contributed by atoms with van der Waals surface area (Å²) in [6.45, 7) is 6.19. The molecule has 0 aliphatic heterocycles. The number of rotatable bonds is 1.